The van der Waals surface area contributed by atoms with E-state index in [-0.39, 0.29) is 6.04 Å². The number of hydrogen-bond acceptors (Lipinski definition) is 3. The minimum absolute atomic E-state index is 0.0557. The largest absolute Gasteiger partial charge is 0.388 e. The van der Waals surface area contributed by atoms with Gasteiger partial charge in [-0.2, -0.15) is 0 Å². The van der Waals surface area contributed by atoms with Gasteiger partial charge in [-0.15, -0.1) is 0 Å². The maximum absolute atomic E-state index is 12.4. The van der Waals surface area contributed by atoms with Crippen molar-refractivity contribution in [2.45, 2.75) is 44.0 Å². The normalized spacial score (nSPS) is 27.2. The second kappa shape index (κ2) is 6.14. The zero-order valence-electron chi connectivity index (χ0n) is 12.4. The molecule has 0 spiro atoms. The van der Waals surface area contributed by atoms with E-state index in [4.69, 9.17) is 0 Å². The van der Waals surface area contributed by atoms with Gasteiger partial charge in [0.25, 0.3) is 0 Å². The Morgan fingerprint density at radius 2 is 1.75 bits per heavy atom. The summed E-state index contributed by atoms with van der Waals surface area (Å²) in [6.45, 7) is 4.37. The summed E-state index contributed by atoms with van der Waals surface area (Å²) in [4.78, 5) is 0.335. The summed E-state index contributed by atoms with van der Waals surface area (Å²) in [6.07, 6.45) is 3.11. The first-order chi connectivity index (χ1) is 9.42. The van der Waals surface area contributed by atoms with E-state index in [2.05, 4.69) is 23.9 Å². The van der Waals surface area contributed by atoms with Crippen LogP contribution >= 0.6 is 0 Å². The predicted molar refractivity (Wildman–Crippen MR) is 82.3 cm³/mol. The number of rotatable bonds is 4. The van der Waals surface area contributed by atoms with Crippen molar-refractivity contribution in [1.82, 2.24) is 4.72 Å². The Hall–Kier alpha value is -1.07. The van der Waals surface area contributed by atoms with Crippen molar-refractivity contribution in [3.8, 4) is 0 Å². The lowest BCUT2D eigenvalue weighted by atomic mass is 9.80. The van der Waals surface area contributed by atoms with E-state index in [0.717, 1.165) is 24.9 Å². The van der Waals surface area contributed by atoms with Gasteiger partial charge >= 0.3 is 0 Å². The first kappa shape index (κ1) is 15.3. The first-order valence-corrected chi connectivity index (χ1v) is 8.71. The van der Waals surface area contributed by atoms with Gasteiger partial charge in [-0.25, -0.2) is 13.1 Å². The molecule has 1 aliphatic rings. The Balaban J connectivity index is 2.10. The molecule has 1 saturated carbocycles. The van der Waals surface area contributed by atoms with Crippen LogP contribution in [0.15, 0.2) is 29.2 Å². The van der Waals surface area contributed by atoms with Gasteiger partial charge in [-0.1, -0.05) is 13.8 Å². The Labute approximate surface area is 122 Å². The topological polar surface area (TPSA) is 58.2 Å². The minimum Gasteiger partial charge on any atom is -0.388 e. The van der Waals surface area contributed by atoms with E-state index in [1.54, 1.807) is 24.3 Å². The Morgan fingerprint density at radius 3 is 2.30 bits per heavy atom. The van der Waals surface area contributed by atoms with Crippen molar-refractivity contribution in [3.63, 3.8) is 0 Å². The molecule has 0 bridgehead atoms. The molecule has 112 valence electrons. The second-order valence-electron chi connectivity index (χ2n) is 5.90. The third-order valence-electron chi connectivity index (χ3n) is 4.19. The summed E-state index contributed by atoms with van der Waals surface area (Å²) in [5.74, 6) is 1.09. The van der Waals surface area contributed by atoms with E-state index in [1.165, 1.54) is 0 Å². The van der Waals surface area contributed by atoms with E-state index in [9.17, 15) is 8.42 Å². The molecule has 1 aliphatic carbocycles. The Kier molecular flexibility index (Phi) is 4.70. The van der Waals surface area contributed by atoms with Crippen molar-refractivity contribution < 1.29 is 8.42 Å². The van der Waals surface area contributed by atoms with E-state index >= 15 is 0 Å². The highest BCUT2D eigenvalue weighted by Crippen LogP contribution is 2.29. The molecule has 2 N–H and O–H groups in total. The average molecular weight is 296 g/mol. The van der Waals surface area contributed by atoms with Crippen LogP contribution in [-0.4, -0.2) is 21.5 Å². The number of nitrogens with one attached hydrogen (secondary N) is 2. The van der Waals surface area contributed by atoms with E-state index < -0.39 is 10.0 Å². The van der Waals surface area contributed by atoms with Crippen molar-refractivity contribution in [1.29, 1.82) is 0 Å². The van der Waals surface area contributed by atoms with Gasteiger partial charge in [0.1, 0.15) is 0 Å². The Bertz CT molecular complexity index is 539. The zero-order chi connectivity index (χ0) is 14.8. The predicted octanol–water partition coefficient (Wildman–Crippen LogP) is 2.83. The standard InChI is InChI=1S/C15H24N2O2S/c1-11-4-9-15(12(2)10-11)17-20(18,19)14-7-5-13(16-3)6-8-14/h5-8,11-12,15-17H,4,9-10H2,1-3H3. The molecule has 1 aromatic rings. The number of anilines is 1. The molecule has 4 nitrogen and oxygen atoms in total. The quantitative estimate of drug-likeness (QED) is 0.898. The van der Waals surface area contributed by atoms with Gasteiger partial charge in [-0.05, 0) is 55.4 Å². The molecule has 0 aliphatic heterocycles. The summed E-state index contributed by atoms with van der Waals surface area (Å²) in [5, 5.41) is 2.98. The third kappa shape index (κ3) is 3.52. The number of sulfonamides is 1. The van der Waals surface area contributed by atoms with Crippen LogP contribution in [0.1, 0.15) is 33.1 Å². The summed E-state index contributed by atoms with van der Waals surface area (Å²) in [6, 6.07) is 6.90. The summed E-state index contributed by atoms with van der Waals surface area (Å²) < 4.78 is 27.7. The average Bonchev–Trinajstić information content (AvgIpc) is 2.42. The van der Waals surface area contributed by atoms with E-state index in [1.807, 2.05) is 7.05 Å². The summed E-state index contributed by atoms with van der Waals surface area (Å²) in [7, 11) is -1.60. The molecule has 20 heavy (non-hydrogen) atoms. The highest BCUT2D eigenvalue weighted by Gasteiger charge is 2.29. The molecular weight excluding hydrogens is 272 g/mol. The molecule has 5 heteroatoms. The molecule has 0 saturated heterocycles. The zero-order valence-corrected chi connectivity index (χ0v) is 13.2. The van der Waals surface area contributed by atoms with Gasteiger partial charge in [0.15, 0.2) is 0 Å². The molecule has 0 radical (unpaired) electrons. The molecule has 0 amide bonds. The van der Waals surface area contributed by atoms with Crippen LogP contribution in [0.2, 0.25) is 0 Å². The van der Waals surface area contributed by atoms with Gasteiger partial charge in [0.05, 0.1) is 4.90 Å². The lowest BCUT2D eigenvalue weighted by Gasteiger charge is -2.32. The smallest absolute Gasteiger partial charge is 0.240 e. The van der Waals surface area contributed by atoms with Crippen molar-refractivity contribution in [3.05, 3.63) is 24.3 Å². The SMILES string of the molecule is CNc1ccc(S(=O)(=O)NC2CCC(C)CC2C)cc1. The minimum atomic E-state index is -3.41. The fraction of sp³-hybridized carbons (Fsp3) is 0.600. The van der Waals surface area contributed by atoms with Crippen molar-refractivity contribution in [2.24, 2.45) is 11.8 Å². The Morgan fingerprint density at radius 1 is 1.10 bits per heavy atom. The number of hydrogen-bond donors (Lipinski definition) is 2. The molecule has 0 aromatic heterocycles. The van der Waals surface area contributed by atoms with E-state index in [0.29, 0.717) is 16.7 Å². The maximum Gasteiger partial charge on any atom is 0.240 e. The fourth-order valence-corrected chi connectivity index (χ4v) is 4.29. The van der Waals surface area contributed by atoms with Gasteiger partial charge in [-0.3, -0.25) is 0 Å². The summed E-state index contributed by atoms with van der Waals surface area (Å²) in [5.41, 5.74) is 0.906. The monoisotopic (exact) mass is 296 g/mol. The van der Waals surface area contributed by atoms with Gasteiger partial charge in [0, 0.05) is 18.8 Å². The second-order valence-corrected chi connectivity index (χ2v) is 7.61. The number of benzene rings is 1. The fourth-order valence-electron chi connectivity index (χ4n) is 2.91. The van der Waals surface area contributed by atoms with Crippen LogP contribution in [0.25, 0.3) is 0 Å². The summed E-state index contributed by atoms with van der Waals surface area (Å²) >= 11 is 0. The van der Waals surface area contributed by atoms with Crippen LogP contribution in [-0.2, 0) is 10.0 Å². The molecule has 2 rings (SSSR count). The third-order valence-corrected chi connectivity index (χ3v) is 5.70. The van der Waals surface area contributed by atoms with Crippen LogP contribution in [0.4, 0.5) is 5.69 Å². The van der Waals surface area contributed by atoms with Gasteiger partial charge in [0.2, 0.25) is 10.0 Å². The lowest BCUT2D eigenvalue weighted by molar-refractivity contribution is 0.249. The maximum atomic E-state index is 12.4. The highest BCUT2D eigenvalue weighted by molar-refractivity contribution is 7.89. The first-order valence-electron chi connectivity index (χ1n) is 7.22. The molecular formula is C15H24N2O2S. The van der Waals surface area contributed by atoms with Crippen LogP contribution in [0.5, 0.6) is 0 Å². The highest BCUT2D eigenvalue weighted by atomic mass is 32.2. The molecule has 3 atom stereocenters. The van der Waals surface area contributed by atoms with Crippen LogP contribution in [0.3, 0.4) is 0 Å². The van der Waals surface area contributed by atoms with Crippen molar-refractivity contribution >= 4 is 15.7 Å². The molecule has 3 unspecified atom stereocenters. The molecule has 1 fully saturated rings. The van der Waals surface area contributed by atoms with Crippen LogP contribution in [0, 0.1) is 11.8 Å². The van der Waals surface area contributed by atoms with Crippen molar-refractivity contribution in [2.75, 3.05) is 12.4 Å². The molecule has 1 aromatic carbocycles. The lowest BCUT2D eigenvalue weighted by Crippen LogP contribution is -2.42. The van der Waals surface area contributed by atoms with Crippen LogP contribution < -0.4 is 10.0 Å². The molecule has 0 heterocycles. The van der Waals surface area contributed by atoms with Gasteiger partial charge < -0.3 is 5.32 Å².